The van der Waals surface area contributed by atoms with E-state index in [1.54, 1.807) is 40.1 Å². The molecule has 2 aromatic carbocycles. The van der Waals surface area contributed by atoms with Crippen LogP contribution in [0.25, 0.3) is 0 Å². The van der Waals surface area contributed by atoms with Crippen molar-refractivity contribution in [1.82, 2.24) is 19.9 Å². The first-order valence-electron chi connectivity index (χ1n) is 18.4. The van der Waals surface area contributed by atoms with E-state index in [1.807, 2.05) is 43.3 Å². The van der Waals surface area contributed by atoms with Crippen LogP contribution in [0.3, 0.4) is 0 Å². The summed E-state index contributed by atoms with van der Waals surface area (Å²) in [6, 6.07) is 14.9. The minimum Gasteiger partial charge on any atom is -0.463 e. The average molecular weight is 763 g/mol. The number of halogens is 6. The van der Waals surface area contributed by atoms with Crippen molar-refractivity contribution in [1.29, 1.82) is 0 Å². The number of nitrogens with zero attached hydrogens (tertiary/aromatic N) is 6. The van der Waals surface area contributed by atoms with Gasteiger partial charge < -0.3 is 19.3 Å². The van der Waals surface area contributed by atoms with Crippen LogP contribution in [0.5, 0.6) is 12.0 Å². The van der Waals surface area contributed by atoms with E-state index in [9.17, 15) is 26.3 Å². The monoisotopic (exact) mass is 762 g/mol. The number of aromatic nitrogens is 4. The molecule has 0 radical (unpaired) electrons. The Balaban J connectivity index is 0.000000290. The van der Waals surface area contributed by atoms with Crippen LogP contribution >= 0.6 is 0 Å². The number of aryl methyl sites for hydroxylation is 2. The lowest BCUT2D eigenvalue weighted by Gasteiger charge is -2.23. The van der Waals surface area contributed by atoms with Gasteiger partial charge in [-0.15, -0.1) is 0 Å². The Hall–Kier alpha value is -4.62. The zero-order chi connectivity index (χ0) is 39.9. The van der Waals surface area contributed by atoms with Gasteiger partial charge in [-0.25, -0.2) is 9.97 Å². The highest BCUT2D eigenvalue weighted by molar-refractivity contribution is 5.64. The summed E-state index contributed by atoms with van der Waals surface area (Å²) in [5, 5.41) is 0. The van der Waals surface area contributed by atoms with Crippen molar-refractivity contribution >= 4 is 23.0 Å². The van der Waals surface area contributed by atoms with Crippen molar-refractivity contribution < 1.29 is 35.8 Å². The van der Waals surface area contributed by atoms with Crippen molar-refractivity contribution in [2.75, 3.05) is 30.5 Å². The zero-order valence-corrected chi connectivity index (χ0v) is 32.2. The summed E-state index contributed by atoms with van der Waals surface area (Å²) in [5.41, 5.74) is 1.70. The van der Waals surface area contributed by atoms with Crippen LogP contribution in [-0.4, -0.2) is 46.7 Å². The van der Waals surface area contributed by atoms with Crippen LogP contribution in [-0.2, 0) is 25.2 Å². The van der Waals surface area contributed by atoms with Crippen LogP contribution in [0, 0.1) is 0 Å². The van der Waals surface area contributed by atoms with Crippen LogP contribution in [0.4, 0.5) is 49.4 Å². The largest absolute Gasteiger partial charge is 0.463 e. The molecule has 0 atom stereocenters. The first-order chi connectivity index (χ1) is 25.6. The maximum absolute atomic E-state index is 13.5. The van der Waals surface area contributed by atoms with Gasteiger partial charge in [0.2, 0.25) is 0 Å². The van der Waals surface area contributed by atoms with Crippen LogP contribution in [0.15, 0.2) is 60.9 Å². The highest BCUT2D eigenvalue weighted by atomic mass is 19.4. The number of ether oxygens (including phenoxy) is 2. The van der Waals surface area contributed by atoms with Gasteiger partial charge >= 0.3 is 24.4 Å². The van der Waals surface area contributed by atoms with Gasteiger partial charge in [-0.2, -0.15) is 36.3 Å². The maximum atomic E-state index is 13.5. The summed E-state index contributed by atoms with van der Waals surface area (Å²) >= 11 is 0. The molecule has 4 aromatic rings. The van der Waals surface area contributed by atoms with E-state index in [4.69, 9.17) is 9.47 Å². The average Bonchev–Trinajstić information content (AvgIpc) is 3.13. The van der Waals surface area contributed by atoms with Crippen LogP contribution in [0.1, 0.15) is 102 Å². The third kappa shape index (κ3) is 13.3. The number of rotatable bonds is 17. The fraction of sp³-hybridized carbons (Fsp3) is 0.500. The van der Waals surface area contributed by atoms with E-state index in [0.717, 1.165) is 81.3 Å². The summed E-state index contributed by atoms with van der Waals surface area (Å²) < 4.78 is 91.4. The molecule has 0 unspecified atom stereocenters. The fourth-order valence-corrected chi connectivity index (χ4v) is 5.40. The molecule has 0 N–H and O–H groups in total. The number of hydrogen-bond donors (Lipinski definition) is 0. The Labute approximate surface area is 315 Å². The second-order valence-corrected chi connectivity index (χ2v) is 13.2. The van der Waals surface area contributed by atoms with Gasteiger partial charge in [0.1, 0.15) is 11.1 Å². The summed E-state index contributed by atoms with van der Waals surface area (Å²) in [6.45, 7) is 10.1. The van der Waals surface area contributed by atoms with Crippen molar-refractivity contribution in [2.45, 2.75) is 111 Å². The minimum absolute atomic E-state index is 0.0502. The standard InChI is InChI=1S/2C20H26F3N3O/c1-5-6-7-9-15-10-8-11-16(12-15)26(4)18-17(20(21,22)23)13-24-19(25-18)27-14(2)3;1-4-6-7-9-15-10-8-11-16(13-15)26(3)18-17(20(21,22)23)14-24-19(25-18)27-12-5-2/h8,10-14H,5-7,9H2,1-4H3;8,10-11,13-14H,4-7,9,12H2,1-3H3. The summed E-state index contributed by atoms with van der Waals surface area (Å²) in [7, 11) is 3.15. The predicted molar refractivity (Wildman–Crippen MR) is 201 cm³/mol. The SMILES string of the molecule is CCCCCc1cccc(N(C)c2nc(OC(C)C)ncc2C(F)(F)F)c1.CCCCCc1cccc(N(C)c2nc(OCCC)ncc2C(F)(F)F)c1. The van der Waals surface area contributed by atoms with E-state index in [1.165, 1.54) is 9.80 Å². The molecule has 296 valence electrons. The summed E-state index contributed by atoms with van der Waals surface area (Å²) in [4.78, 5) is 18.3. The quantitative estimate of drug-likeness (QED) is 0.0777. The molecule has 0 saturated carbocycles. The molecule has 0 aliphatic heterocycles. The zero-order valence-electron chi connectivity index (χ0n) is 32.2. The normalized spacial score (nSPS) is 11.6. The van der Waals surface area contributed by atoms with Crippen molar-refractivity contribution in [3.8, 4) is 12.0 Å². The smallest absolute Gasteiger partial charge is 0.421 e. The van der Waals surface area contributed by atoms with E-state index >= 15 is 0 Å². The Morgan fingerprint density at radius 3 is 1.48 bits per heavy atom. The molecule has 0 amide bonds. The van der Waals surface area contributed by atoms with E-state index in [-0.39, 0.29) is 29.8 Å². The number of unbranched alkanes of at least 4 members (excludes halogenated alkanes) is 4. The van der Waals surface area contributed by atoms with Gasteiger partial charge in [-0.3, -0.25) is 0 Å². The lowest BCUT2D eigenvalue weighted by atomic mass is 10.1. The van der Waals surface area contributed by atoms with Gasteiger partial charge in [0.05, 0.1) is 12.7 Å². The first kappa shape index (κ1) is 43.8. The number of benzene rings is 2. The van der Waals surface area contributed by atoms with Crippen LogP contribution in [0.2, 0.25) is 0 Å². The van der Waals surface area contributed by atoms with Crippen molar-refractivity contribution in [2.24, 2.45) is 0 Å². The van der Waals surface area contributed by atoms with Gasteiger partial charge in [0.25, 0.3) is 0 Å². The molecule has 2 aromatic heterocycles. The van der Waals surface area contributed by atoms with Crippen molar-refractivity contribution in [3.63, 3.8) is 0 Å². The molecule has 0 aliphatic carbocycles. The number of anilines is 4. The van der Waals surface area contributed by atoms with Crippen molar-refractivity contribution in [3.05, 3.63) is 83.2 Å². The summed E-state index contributed by atoms with van der Waals surface area (Å²) in [5.74, 6) is -0.437. The lowest BCUT2D eigenvalue weighted by Crippen LogP contribution is -2.20. The molecule has 0 aliphatic rings. The lowest BCUT2D eigenvalue weighted by molar-refractivity contribution is -0.138. The van der Waals surface area contributed by atoms with E-state index < -0.39 is 23.5 Å². The van der Waals surface area contributed by atoms with Gasteiger partial charge in [0.15, 0.2) is 11.6 Å². The molecule has 0 spiro atoms. The molecule has 0 bridgehead atoms. The predicted octanol–water partition coefficient (Wildman–Crippen LogP) is 11.6. The fourth-order valence-electron chi connectivity index (χ4n) is 5.40. The first-order valence-corrected chi connectivity index (χ1v) is 18.4. The number of alkyl halides is 6. The molecule has 4 rings (SSSR count). The Morgan fingerprint density at radius 2 is 1.07 bits per heavy atom. The molecule has 0 saturated heterocycles. The second kappa shape index (κ2) is 20.7. The topological polar surface area (TPSA) is 76.5 Å². The Bertz CT molecular complexity index is 1730. The molecular formula is C40H52F6N6O2. The third-order valence-corrected chi connectivity index (χ3v) is 8.25. The molecule has 14 heteroatoms. The summed E-state index contributed by atoms with van der Waals surface area (Å²) in [6.07, 6.45) is 1.34. The maximum Gasteiger partial charge on any atom is 0.421 e. The Kier molecular flexibility index (Phi) is 16.8. The van der Waals surface area contributed by atoms with Crippen LogP contribution < -0.4 is 19.3 Å². The van der Waals surface area contributed by atoms with E-state index in [2.05, 4.69) is 33.8 Å². The highest BCUT2D eigenvalue weighted by Crippen LogP contribution is 2.39. The van der Waals surface area contributed by atoms with E-state index in [0.29, 0.717) is 18.0 Å². The second-order valence-electron chi connectivity index (χ2n) is 13.2. The van der Waals surface area contributed by atoms with Gasteiger partial charge in [0, 0.05) is 37.9 Å². The Morgan fingerprint density at radius 1 is 0.630 bits per heavy atom. The molecule has 54 heavy (non-hydrogen) atoms. The van der Waals surface area contributed by atoms with Gasteiger partial charge in [-0.05, 0) is 81.3 Å². The molecule has 0 fully saturated rings. The molecular weight excluding hydrogens is 710 g/mol. The highest BCUT2D eigenvalue weighted by Gasteiger charge is 2.38. The molecule has 8 nitrogen and oxygen atoms in total. The molecule has 2 heterocycles. The number of hydrogen-bond acceptors (Lipinski definition) is 8. The third-order valence-electron chi connectivity index (χ3n) is 8.25. The minimum atomic E-state index is -4.56. The van der Waals surface area contributed by atoms with Gasteiger partial charge in [-0.1, -0.05) is 70.7 Å².